The van der Waals surface area contributed by atoms with E-state index in [-0.39, 0.29) is 27.6 Å². The Morgan fingerprint density at radius 3 is 2.59 bits per heavy atom. The van der Waals surface area contributed by atoms with Crippen molar-refractivity contribution in [3.05, 3.63) is 33.4 Å². The van der Waals surface area contributed by atoms with Gasteiger partial charge >= 0.3 is 12.0 Å². The monoisotopic (exact) mass is 370 g/mol. The summed E-state index contributed by atoms with van der Waals surface area (Å²) in [4.78, 5) is 25.4. The summed E-state index contributed by atoms with van der Waals surface area (Å²) in [5.74, 6) is -1.26. The zero-order valence-electron chi connectivity index (χ0n) is 12.2. The highest BCUT2D eigenvalue weighted by molar-refractivity contribution is 9.10. The molecule has 22 heavy (non-hydrogen) atoms. The second kappa shape index (κ2) is 5.88. The van der Waals surface area contributed by atoms with E-state index in [2.05, 4.69) is 21.2 Å². The smallest absolute Gasteiger partial charge is 0.337 e. The Morgan fingerprint density at radius 2 is 2.05 bits per heavy atom. The number of nitrogens with one attached hydrogen (secondary N) is 1. The van der Waals surface area contributed by atoms with E-state index in [1.54, 1.807) is 6.92 Å². The first-order chi connectivity index (χ1) is 10.3. The van der Waals surface area contributed by atoms with Gasteiger partial charge < -0.3 is 25.2 Å². The average Bonchev–Trinajstić information content (AvgIpc) is 2.48. The molecule has 1 aliphatic heterocycles. The van der Waals surface area contributed by atoms with Gasteiger partial charge in [-0.2, -0.15) is 0 Å². The predicted molar refractivity (Wildman–Crippen MR) is 81.2 cm³/mol. The standard InChI is InChI=1S/C14H15BrN2O5/c1-6-10(13(20)22-3)11(16-14(21)17(6)2)7-4-8(15)12(19)9(18)5-7/h4-5,11,18-19H,1-3H3,(H,16,21)/t11-/m1/s1. The Morgan fingerprint density at radius 1 is 1.41 bits per heavy atom. The van der Waals surface area contributed by atoms with Crippen LogP contribution in [0.25, 0.3) is 0 Å². The van der Waals surface area contributed by atoms with E-state index in [4.69, 9.17) is 4.74 Å². The van der Waals surface area contributed by atoms with E-state index >= 15 is 0 Å². The van der Waals surface area contributed by atoms with Crippen LogP contribution >= 0.6 is 15.9 Å². The maximum atomic E-state index is 12.1. The lowest BCUT2D eigenvalue weighted by molar-refractivity contribution is -0.136. The molecule has 0 fully saturated rings. The molecule has 0 saturated carbocycles. The molecule has 3 N–H and O–H groups in total. The first-order valence-electron chi connectivity index (χ1n) is 6.32. The third-order valence-electron chi connectivity index (χ3n) is 3.56. The molecule has 7 nitrogen and oxygen atoms in total. The van der Waals surface area contributed by atoms with Crippen LogP contribution in [0, 0.1) is 0 Å². The molecule has 1 aromatic rings. The SMILES string of the molecule is COC(=O)C1=C(C)N(C)C(=O)N[C@@H]1c1cc(O)c(O)c(Br)c1. The fourth-order valence-corrected chi connectivity index (χ4v) is 2.70. The normalized spacial score (nSPS) is 18.3. The van der Waals surface area contributed by atoms with Crippen molar-refractivity contribution in [2.75, 3.05) is 14.2 Å². The van der Waals surface area contributed by atoms with Crippen molar-refractivity contribution in [1.29, 1.82) is 0 Å². The molecule has 2 rings (SSSR count). The molecular formula is C14H15BrN2O5. The minimum Gasteiger partial charge on any atom is -0.504 e. The maximum Gasteiger partial charge on any atom is 0.337 e. The number of hydrogen-bond donors (Lipinski definition) is 3. The summed E-state index contributed by atoms with van der Waals surface area (Å²) in [6.45, 7) is 1.63. The second-order valence-electron chi connectivity index (χ2n) is 4.80. The Kier molecular flexibility index (Phi) is 4.32. The van der Waals surface area contributed by atoms with E-state index in [0.29, 0.717) is 11.3 Å². The van der Waals surface area contributed by atoms with Crippen molar-refractivity contribution in [2.24, 2.45) is 0 Å². The third-order valence-corrected chi connectivity index (χ3v) is 4.16. The molecule has 0 unspecified atom stereocenters. The van der Waals surface area contributed by atoms with Crippen LogP contribution in [0.1, 0.15) is 18.5 Å². The van der Waals surface area contributed by atoms with Gasteiger partial charge in [0.05, 0.1) is 23.2 Å². The van der Waals surface area contributed by atoms with Crippen LogP contribution in [0.5, 0.6) is 11.5 Å². The number of methoxy groups -OCH3 is 1. The number of ether oxygens (including phenoxy) is 1. The van der Waals surface area contributed by atoms with Gasteiger partial charge in [-0.05, 0) is 40.5 Å². The highest BCUT2D eigenvalue weighted by atomic mass is 79.9. The van der Waals surface area contributed by atoms with Gasteiger partial charge in [0.15, 0.2) is 11.5 Å². The molecule has 118 valence electrons. The molecule has 2 amide bonds. The number of aromatic hydroxyl groups is 2. The van der Waals surface area contributed by atoms with Crippen LogP contribution in [-0.2, 0) is 9.53 Å². The van der Waals surface area contributed by atoms with E-state index in [0.717, 1.165) is 0 Å². The second-order valence-corrected chi connectivity index (χ2v) is 5.66. The van der Waals surface area contributed by atoms with Gasteiger partial charge in [-0.3, -0.25) is 0 Å². The van der Waals surface area contributed by atoms with E-state index in [1.807, 2.05) is 0 Å². The number of hydrogen-bond acceptors (Lipinski definition) is 5. The third kappa shape index (κ3) is 2.61. The molecule has 0 saturated heterocycles. The zero-order valence-corrected chi connectivity index (χ0v) is 13.8. The number of amides is 2. The molecule has 0 spiro atoms. The molecule has 1 aromatic carbocycles. The lowest BCUT2D eigenvalue weighted by Gasteiger charge is -2.33. The summed E-state index contributed by atoms with van der Waals surface area (Å²) in [6.07, 6.45) is 0. The number of benzene rings is 1. The highest BCUT2D eigenvalue weighted by Gasteiger charge is 2.35. The summed E-state index contributed by atoms with van der Waals surface area (Å²) in [5.41, 5.74) is 1.13. The van der Waals surface area contributed by atoms with Gasteiger partial charge in [0, 0.05) is 12.7 Å². The minimum atomic E-state index is -0.793. The fraction of sp³-hybridized carbons (Fsp3) is 0.286. The number of urea groups is 1. The van der Waals surface area contributed by atoms with E-state index in [9.17, 15) is 19.8 Å². The van der Waals surface area contributed by atoms with Crippen LogP contribution in [0.3, 0.4) is 0 Å². The number of carbonyl (C=O) groups excluding carboxylic acids is 2. The molecule has 0 aromatic heterocycles. The van der Waals surface area contributed by atoms with Crippen molar-refractivity contribution in [1.82, 2.24) is 10.2 Å². The molecule has 1 aliphatic rings. The minimum absolute atomic E-state index is 0.248. The van der Waals surface area contributed by atoms with Gasteiger partial charge in [-0.15, -0.1) is 0 Å². The topological polar surface area (TPSA) is 99.1 Å². The Hall–Kier alpha value is -2.22. The first-order valence-corrected chi connectivity index (χ1v) is 7.11. The van der Waals surface area contributed by atoms with Crippen LogP contribution in [-0.4, -0.2) is 41.3 Å². The van der Waals surface area contributed by atoms with Crippen molar-refractivity contribution in [3.8, 4) is 11.5 Å². The number of carbonyl (C=O) groups is 2. The number of phenols is 2. The number of halogens is 1. The van der Waals surface area contributed by atoms with Crippen LogP contribution in [0.15, 0.2) is 27.9 Å². The van der Waals surface area contributed by atoms with E-state index in [1.165, 1.54) is 31.2 Å². The zero-order chi connectivity index (χ0) is 16.6. The van der Waals surface area contributed by atoms with Crippen molar-refractivity contribution < 1.29 is 24.5 Å². The number of rotatable bonds is 2. The number of nitrogens with zero attached hydrogens (tertiary/aromatic N) is 1. The van der Waals surface area contributed by atoms with Crippen molar-refractivity contribution >= 4 is 27.9 Å². The van der Waals surface area contributed by atoms with Crippen LogP contribution in [0.2, 0.25) is 0 Å². The highest BCUT2D eigenvalue weighted by Crippen LogP contribution is 2.39. The summed E-state index contributed by atoms with van der Waals surface area (Å²) >= 11 is 3.11. The van der Waals surface area contributed by atoms with Crippen molar-refractivity contribution in [2.45, 2.75) is 13.0 Å². The average molecular weight is 371 g/mol. The van der Waals surface area contributed by atoms with Gasteiger partial charge in [-0.25, -0.2) is 9.59 Å². The first kappa shape index (κ1) is 16.2. The number of phenolic OH excluding ortho intramolecular Hbond substituents is 2. The quantitative estimate of drug-likeness (QED) is 0.546. The molecule has 1 heterocycles. The Balaban J connectivity index is 2.61. The van der Waals surface area contributed by atoms with Gasteiger partial charge in [0.2, 0.25) is 0 Å². The van der Waals surface area contributed by atoms with Crippen LogP contribution < -0.4 is 5.32 Å². The molecule has 8 heteroatoms. The van der Waals surface area contributed by atoms with Gasteiger partial charge in [0.1, 0.15) is 0 Å². The fourth-order valence-electron chi connectivity index (χ4n) is 2.23. The molecule has 0 aliphatic carbocycles. The molecule has 1 atom stereocenters. The van der Waals surface area contributed by atoms with Crippen molar-refractivity contribution in [3.63, 3.8) is 0 Å². The predicted octanol–water partition coefficient (Wildman–Crippen LogP) is 2.00. The molecule has 0 radical (unpaired) electrons. The van der Waals surface area contributed by atoms with Gasteiger partial charge in [-0.1, -0.05) is 0 Å². The number of allylic oxidation sites excluding steroid dienone is 1. The Bertz CT molecular complexity index is 663. The summed E-state index contributed by atoms with van der Waals surface area (Å²) in [7, 11) is 2.79. The summed E-state index contributed by atoms with van der Waals surface area (Å²) in [6, 6.07) is 1.62. The van der Waals surface area contributed by atoms with Crippen LogP contribution in [0.4, 0.5) is 4.79 Å². The van der Waals surface area contributed by atoms with Gasteiger partial charge in [0.25, 0.3) is 0 Å². The lowest BCUT2D eigenvalue weighted by atomic mass is 9.95. The molecular weight excluding hydrogens is 356 g/mol. The Labute approximate surface area is 135 Å². The molecule has 0 bridgehead atoms. The lowest BCUT2D eigenvalue weighted by Crippen LogP contribution is -2.46. The summed E-state index contributed by atoms with van der Waals surface area (Å²) in [5, 5.41) is 22.0. The van der Waals surface area contributed by atoms with E-state index < -0.39 is 12.0 Å². The maximum absolute atomic E-state index is 12.1. The number of esters is 1. The largest absolute Gasteiger partial charge is 0.504 e. The summed E-state index contributed by atoms with van der Waals surface area (Å²) < 4.78 is 5.03.